The normalized spacial score (nSPS) is 13.3. The molecule has 0 bridgehead atoms. The molecule has 1 unspecified atom stereocenters. The van der Waals surface area contributed by atoms with Crippen molar-refractivity contribution in [1.82, 2.24) is 15.3 Å². The van der Waals surface area contributed by atoms with Crippen molar-refractivity contribution in [3.05, 3.63) is 34.2 Å². The van der Waals surface area contributed by atoms with E-state index < -0.39 is 0 Å². The Labute approximate surface area is 111 Å². The van der Waals surface area contributed by atoms with Crippen molar-refractivity contribution in [3.63, 3.8) is 0 Å². The first-order valence-corrected chi connectivity index (χ1v) is 6.15. The smallest absolute Gasteiger partial charge is 0.323 e. The molecular formula is C13H19N3O3. The molecule has 0 amide bonds. The number of hydrogen-bond donors (Lipinski definition) is 3. The first-order valence-electron chi connectivity index (χ1n) is 6.15. The number of nitrogens with one attached hydrogen (secondary N) is 3. The lowest BCUT2D eigenvalue weighted by atomic mass is 10.1. The molecule has 3 N–H and O–H groups in total. The molecule has 6 heteroatoms. The zero-order valence-corrected chi connectivity index (χ0v) is 11.3. The number of benzene rings is 1. The molecule has 104 valence electrons. The third-order valence-electron chi connectivity index (χ3n) is 3.16. The van der Waals surface area contributed by atoms with E-state index in [1.807, 2.05) is 25.1 Å². The highest BCUT2D eigenvalue weighted by atomic mass is 16.7. The maximum absolute atomic E-state index is 11.2. The van der Waals surface area contributed by atoms with Gasteiger partial charge in [0.15, 0.2) is 6.29 Å². The van der Waals surface area contributed by atoms with Gasteiger partial charge in [-0.05, 0) is 24.6 Å². The standard InChI is InChI=1S/C13H19N3O3/c1-8(14-7-12(18-2)19-3)9-4-5-10-11(6-9)16-13(17)15-10/h4-6,8,12,14H,7H2,1-3H3,(H2,15,16,17). The van der Waals surface area contributed by atoms with E-state index in [2.05, 4.69) is 15.3 Å². The zero-order valence-electron chi connectivity index (χ0n) is 11.3. The summed E-state index contributed by atoms with van der Waals surface area (Å²) in [6, 6.07) is 5.97. The van der Waals surface area contributed by atoms with Crippen LogP contribution >= 0.6 is 0 Å². The average molecular weight is 265 g/mol. The second kappa shape index (κ2) is 6.01. The van der Waals surface area contributed by atoms with Crippen molar-refractivity contribution < 1.29 is 9.47 Å². The Kier molecular flexibility index (Phi) is 4.36. The predicted octanol–water partition coefficient (Wildman–Crippen LogP) is 1.13. The average Bonchev–Trinajstić information content (AvgIpc) is 2.78. The van der Waals surface area contributed by atoms with Crippen molar-refractivity contribution in [2.75, 3.05) is 20.8 Å². The van der Waals surface area contributed by atoms with Gasteiger partial charge in [0.1, 0.15) is 0 Å². The van der Waals surface area contributed by atoms with Crippen LogP contribution in [0.5, 0.6) is 0 Å². The Morgan fingerprint density at radius 1 is 1.21 bits per heavy atom. The van der Waals surface area contributed by atoms with Crippen molar-refractivity contribution in [2.24, 2.45) is 0 Å². The van der Waals surface area contributed by atoms with Gasteiger partial charge >= 0.3 is 5.69 Å². The lowest BCUT2D eigenvalue weighted by Gasteiger charge is -2.18. The molecule has 0 saturated carbocycles. The van der Waals surface area contributed by atoms with Gasteiger partial charge in [-0.15, -0.1) is 0 Å². The van der Waals surface area contributed by atoms with Crippen LogP contribution < -0.4 is 11.0 Å². The fourth-order valence-electron chi connectivity index (χ4n) is 1.97. The Bertz CT molecular complexity index is 586. The van der Waals surface area contributed by atoms with Crippen molar-refractivity contribution in [3.8, 4) is 0 Å². The largest absolute Gasteiger partial charge is 0.355 e. The molecule has 0 saturated heterocycles. The highest BCUT2D eigenvalue weighted by Gasteiger charge is 2.10. The van der Waals surface area contributed by atoms with Gasteiger partial charge in [0.25, 0.3) is 0 Å². The molecule has 2 rings (SSSR count). The van der Waals surface area contributed by atoms with Crippen LogP contribution in [-0.2, 0) is 9.47 Å². The summed E-state index contributed by atoms with van der Waals surface area (Å²) in [6.45, 7) is 2.64. The molecule has 2 aromatic rings. The minimum atomic E-state index is -0.266. The molecule has 0 aliphatic rings. The van der Waals surface area contributed by atoms with Crippen LogP contribution in [0.2, 0.25) is 0 Å². The second-order valence-electron chi connectivity index (χ2n) is 4.42. The number of rotatable bonds is 6. The first kappa shape index (κ1) is 13.8. The molecule has 19 heavy (non-hydrogen) atoms. The van der Waals surface area contributed by atoms with Crippen molar-refractivity contribution >= 4 is 11.0 Å². The molecule has 6 nitrogen and oxygen atoms in total. The van der Waals surface area contributed by atoms with Crippen LogP contribution in [0.3, 0.4) is 0 Å². The summed E-state index contributed by atoms with van der Waals surface area (Å²) in [7, 11) is 3.22. The monoisotopic (exact) mass is 265 g/mol. The number of ether oxygens (including phenoxy) is 2. The van der Waals surface area contributed by atoms with Gasteiger partial charge in [-0.3, -0.25) is 0 Å². The lowest BCUT2D eigenvalue weighted by Crippen LogP contribution is -2.31. The second-order valence-corrected chi connectivity index (χ2v) is 4.42. The molecular weight excluding hydrogens is 246 g/mol. The van der Waals surface area contributed by atoms with E-state index in [0.717, 1.165) is 16.6 Å². The maximum atomic E-state index is 11.2. The summed E-state index contributed by atoms with van der Waals surface area (Å²) < 4.78 is 10.2. The Morgan fingerprint density at radius 2 is 1.89 bits per heavy atom. The highest BCUT2D eigenvalue weighted by molar-refractivity contribution is 5.75. The third kappa shape index (κ3) is 3.23. The highest BCUT2D eigenvalue weighted by Crippen LogP contribution is 2.16. The number of imidazole rings is 1. The Morgan fingerprint density at radius 3 is 2.58 bits per heavy atom. The summed E-state index contributed by atoms with van der Waals surface area (Å²) in [6.07, 6.45) is -0.266. The van der Waals surface area contributed by atoms with Gasteiger partial charge in [0, 0.05) is 26.8 Å². The minimum Gasteiger partial charge on any atom is -0.355 e. The quantitative estimate of drug-likeness (QED) is 0.684. The Balaban J connectivity index is 2.08. The summed E-state index contributed by atoms with van der Waals surface area (Å²) in [5, 5.41) is 3.32. The molecule has 0 fully saturated rings. The van der Waals surface area contributed by atoms with Gasteiger partial charge in [0.2, 0.25) is 0 Å². The van der Waals surface area contributed by atoms with Crippen LogP contribution in [0.15, 0.2) is 23.0 Å². The number of fused-ring (bicyclic) bond motifs is 1. The van der Waals surface area contributed by atoms with E-state index in [1.54, 1.807) is 14.2 Å². The number of aromatic nitrogens is 2. The third-order valence-corrected chi connectivity index (χ3v) is 3.16. The molecule has 1 aromatic carbocycles. The number of methoxy groups -OCH3 is 2. The molecule has 1 aromatic heterocycles. The van der Waals surface area contributed by atoms with Gasteiger partial charge in [-0.2, -0.15) is 0 Å². The number of aromatic amines is 2. The minimum absolute atomic E-state index is 0.135. The molecule has 0 radical (unpaired) electrons. The van der Waals surface area contributed by atoms with Crippen LogP contribution in [-0.4, -0.2) is 37.0 Å². The zero-order chi connectivity index (χ0) is 13.8. The topological polar surface area (TPSA) is 79.1 Å². The fraction of sp³-hybridized carbons (Fsp3) is 0.462. The maximum Gasteiger partial charge on any atom is 0.323 e. The van der Waals surface area contributed by atoms with E-state index in [-0.39, 0.29) is 18.0 Å². The van der Waals surface area contributed by atoms with Gasteiger partial charge in [-0.1, -0.05) is 6.07 Å². The van der Waals surface area contributed by atoms with E-state index in [4.69, 9.17) is 9.47 Å². The number of hydrogen-bond acceptors (Lipinski definition) is 4. The predicted molar refractivity (Wildman–Crippen MR) is 73.1 cm³/mol. The SMILES string of the molecule is COC(CNC(C)c1ccc2[nH]c(=O)[nH]c2c1)OC. The summed E-state index contributed by atoms with van der Waals surface area (Å²) in [5.41, 5.74) is 2.53. The van der Waals surface area contributed by atoms with Crippen LogP contribution in [0, 0.1) is 0 Å². The van der Waals surface area contributed by atoms with Gasteiger partial charge in [0.05, 0.1) is 11.0 Å². The summed E-state index contributed by atoms with van der Waals surface area (Å²) in [5.74, 6) is 0. The van der Waals surface area contributed by atoms with Gasteiger partial charge in [-0.25, -0.2) is 4.79 Å². The Hall–Kier alpha value is -1.63. The summed E-state index contributed by atoms with van der Waals surface area (Å²) in [4.78, 5) is 16.7. The fourth-order valence-corrected chi connectivity index (χ4v) is 1.97. The summed E-state index contributed by atoms with van der Waals surface area (Å²) >= 11 is 0. The first-order chi connectivity index (χ1) is 9.13. The molecule has 1 heterocycles. The molecule has 0 aliphatic heterocycles. The van der Waals surface area contributed by atoms with Gasteiger partial charge < -0.3 is 24.8 Å². The molecule has 0 spiro atoms. The van der Waals surface area contributed by atoms with Crippen molar-refractivity contribution in [2.45, 2.75) is 19.3 Å². The van der Waals surface area contributed by atoms with Crippen LogP contribution in [0.25, 0.3) is 11.0 Å². The van der Waals surface area contributed by atoms with E-state index in [1.165, 1.54) is 0 Å². The van der Waals surface area contributed by atoms with Crippen molar-refractivity contribution in [1.29, 1.82) is 0 Å². The van der Waals surface area contributed by atoms with E-state index >= 15 is 0 Å². The van der Waals surface area contributed by atoms with E-state index in [0.29, 0.717) is 6.54 Å². The lowest BCUT2D eigenvalue weighted by molar-refractivity contribution is -0.0997. The molecule has 1 atom stereocenters. The van der Waals surface area contributed by atoms with E-state index in [9.17, 15) is 4.79 Å². The molecule has 0 aliphatic carbocycles. The van der Waals surface area contributed by atoms with Crippen LogP contribution in [0.1, 0.15) is 18.5 Å². The number of H-pyrrole nitrogens is 2. The van der Waals surface area contributed by atoms with Crippen LogP contribution in [0.4, 0.5) is 0 Å².